The fraction of sp³-hybridized carbons (Fsp3) is 0.357. The zero-order valence-corrected chi connectivity index (χ0v) is 13.0. The average Bonchev–Trinajstić information content (AvgIpc) is 2.50. The Balaban J connectivity index is 2.43. The number of rotatable bonds is 5. The lowest BCUT2D eigenvalue weighted by molar-refractivity contribution is -0.140. The van der Waals surface area contributed by atoms with Gasteiger partial charge in [0.25, 0.3) is 0 Å². The number of thioether (sulfide) groups is 1. The molecule has 1 aromatic carbocycles. The van der Waals surface area contributed by atoms with Crippen molar-refractivity contribution >= 4 is 28.9 Å². The van der Waals surface area contributed by atoms with Crippen LogP contribution in [-0.4, -0.2) is 30.0 Å². The Morgan fingerprint density at radius 3 is 2.35 bits per heavy atom. The van der Waals surface area contributed by atoms with Crippen LogP contribution in [0.5, 0.6) is 0 Å². The minimum atomic E-state index is -4.44. The van der Waals surface area contributed by atoms with E-state index >= 15 is 0 Å². The number of ether oxygens (including phenoxy) is 2. The number of nitrogens with one attached hydrogen (secondary N) is 2. The van der Waals surface area contributed by atoms with Crippen molar-refractivity contribution in [1.29, 1.82) is 10.8 Å². The Morgan fingerprint density at radius 2 is 1.83 bits per heavy atom. The smallest absolute Gasteiger partial charge is 0.416 e. The molecule has 23 heavy (non-hydrogen) atoms. The molecular formula is C14H15F3N2O3S. The largest absolute Gasteiger partial charge is 0.469 e. The van der Waals surface area contributed by atoms with Crippen molar-refractivity contribution in [3.05, 3.63) is 35.4 Å². The third kappa shape index (κ3) is 6.72. The Labute approximate surface area is 135 Å². The Hall–Kier alpha value is -2.03. The molecule has 1 rings (SSSR count). The third-order valence-electron chi connectivity index (χ3n) is 2.66. The summed E-state index contributed by atoms with van der Waals surface area (Å²) < 4.78 is 46.7. The van der Waals surface area contributed by atoms with Crippen molar-refractivity contribution in [2.24, 2.45) is 0 Å². The summed E-state index contributed by atoms with van der Waals surface area (Å²) in [5.74, 6) is -0.339. The van der Waals surface area contributed by atoms with Crippen LogP contribution in [-0.2, 0) is 20.4 Å². The van der Waals surface area contributed by atoms with Gasteiger partial charge in [-0.1, -0.05) is 11.8 Å². The summed E-state index contributed by atoms with van der Waals surface area (Å²) in [5.41, 5.74) is -0.681. The van der Waals surface area contributed by atoms with Crippen LogP contribution in [0.15, 0.2) is 24.3 Å². The maximum Gasteiger partial charge on any atom is 0.416 e. The Morgan fingerprint density at radius 1 is 1.22 bits per heavy atom. The summed E-state index contributed by atoms with van der Waals surface area (Å²) in [6.07, 6.45) is -3.74. The maximum absolute atomic E-state index is 12.4. The van der Waals surface area contributed by atoms with E-state index in [1.165, 1.54) is 7.11 Å². The van der Waals surface area contributed by atoms with E-state index < -0.39 is 17.6 Å². The van der Waals surface area contributed by atoms with Crippen LogP contribution in [0.2, 0.25) is 0 Å². The molecule has 0 amide bonds. The normalized spacial score (nSPS) is 11.0. The van der Waals surface area contributed by atoms with Crippen molar-refractivity contribution in [2.75, 3.05) is 12.9 Å². The summed E-state index contributed by atoms with van der Waals surface area (Å²) in [6, 6.07) is 3.92. The molecule has 0 aliphatic rings. The molecular weight excluding hydrogens is 333 g/mol. The van der Waals surface area contributed by atoms with Crippen LogP contribution in [0.1, 0.15) is 24.0 Å². The quantitative estimate of drug-likeness (QED) is 0.368. The maximum atomic E-state index is 12.4. The molecule has 0 heterocycles. The number of carbonyl (C=O) groups is 1. The van der Waals surface area contributed by atoms with Gasteiger partial charge in [-0.25, -0.2) is 0 Å². The van der Waals surface area contributed by atoms with Crippen LogP contribution in [0.3, 0.4) is 0 Å². The third-order valence-corrected chi connectivity index (χ3v) is 3.49. The highest BCUT2D eigenvalue weighted by Crippen LogP contribution is 2.29. The van der Waals surface area contributed by atoms with Gasteiger partial charge in [-0.05, 0) is 30.7 Å². The van der Waals surface area contributed by atoms with Gasteiger partial charge < -0.3 is 9.47 Å². The lowest BCUT2D eigenvalue weighted by Gasteiger charge is -2.09. The lowest BCUT2D eigenvalue weighted by atomic mass is 10.1. The molecule has 0 radical (unpaired) electrons. The Kier molecular flexibility index (Phi) is 7.08. The van der Waals surface area contributed by atoms with Gasteiger partial charge in [-0.15, -0.1) is 0 Å². The number of esters is 1. The number of hydrogen-bond acceptors (Lipinski definition) is 6. The number of methoxy groups -OCH3 is 1. The number of benzene rings is 1. The Bertz CT molecular complexity index is 574. The first kappa shape index (κ1) is 19.0. The first-order chi connectivity index (χ1) is 10.7. The average molecular weight is 348 g/mol. The van der Waals surface area contributed by atoms with E-state index in [4.69, 9.17) is 15.6 Å². The van der Waals surface area contributed by atoms with Crippen LogP contribution >= 0.6 is 11.8 Å². The highest BCUT2D eigenvalue weighted by Gasteiger charge is 2.30. The zero-order chi connectivity index (χ0) is 17.5. The fourth-order valence-corrected chi connectivity index (χ4v) is 2.09. The SMILES string of the molecule is COC(=O)CCCSC(=N)OC(=N)c1ccc(C(F)(F)F)cc1. The van der Waals surface area contributed by atoms with Crippen LogP contribution in [0.25, 0.3) is 0 Å². The standard InChI is InChI=1S/C14H15F3N2O3S/c1-21-11(20)3-2-8-23-13(19)22-12(18)9-4-6-10(7-5-9)14(15,16)17/h4-7,18-19H,2-3,8H2,1H3. The molecule has 5 nitrogen and oxygen atoms in total. The topological polar surface area (TPSA) is 83.2 Å². The molecule has 0 aliphatic heterocycles. The first-order valence-corrected chi connectivity index (χ1v) is 7.45. The molecule has 0 saturated carbocycles. The van der Waals surface area contributed by atoms with Crippen molar-refractivity contribution in [1.82, 2.24) is 0 Å². The predicted octanol–water partition coefficient (Wildman–Crippen LogP) is 3.67. The van der Waals surface area contributed by atoms with Gasteiger partial charge in [0.2, 0.25) is 11.1 Å². The molecule has 0 atom stereocenters. The summed E-state index contributed by atoms with van der Waals surface area (Å²) >= 11 is 0.992. The summed E-state index contributed by atoms with van der Waals surface area (Å²) in [6.45, 7) is 0. The monoisotopic (exact) mass is 348 g/mol. The fourth-order valence-electron chi connectivity index (χ4n) is 1.48. The number of hydrogen-bond donors (Lipinski definition) is 2. The highest BCUT2D eigenvalue weighted by atomic mass is 32.2. The van der Waals surface area contributed by atoms with Crippen LogP contribution in [0, 0.1) is 10.8 Å². The van der Waals surface area contributed by atoms with E-state index in [0.717, 1.165) is 36.0 Å². The van der Waals surface area contributed by atoms with E-state index in [0.29, 0.717) is 12.2 Å². The summed E-state index contributed by atoms with van der Waals surface area (Å²) in [7, 11) is 1.28. The number of carbonyl (C=O) groups excluding carboxylic acids is 1. The van der Waals surface area contributed by atoms with E-state index in [9.17, 15) is 18.0 Å². The molecule has 0 unspecified atom stereocenters. The molecule has 0 aliphatic carbocycles. The minimum Gasteiger partial charge on any atom is -0.469 e. The van der Waals surface area contributed by atoms with Crippen molar-refractivity contribution in [3.8, 4) is 0 Å². The molecule has 126 valence electrons. The van der Waals surface area contributed by atoms with Gasteiger partial charge in [-0.2, -0.15) is 13.2 Å². The number of alkyl halides is 3. The molecule has 0 fully saturated rings. The van der Waals surface area contributed by atoms with E-state index in [2.05, 4.69) is 4.74 Å². The highest BCUT2D eigenvalue weighted by molar-refractivity contribution is 8.13. The zero-order valence-electron chi connectivity index (χ0n) is 12.2. The number of halogens is 3. The minimum absolute atomic E-state index is 0.137. The van der Waals surface area contributed by atoms with Gasteiger partial charge in [0.05, 0.1) is 12.7 Å². The molecule has 0 saturated heterocycles. The van der Waals surface area contributed by atoms with E-state index in [1.54, 1.807) is 0 Å². The summed E-state index contributed by atoms with van der Waals surface area (Å²) in [5, 5.41) is 14.9. The molecule has 0 aromatic heterocycles. The molecule has 1 aromatic rings. The molecule has 0 bridgehead atoms. The van der Waals surface area contributed by atoms with Gasteiger partial charge in [0.1, 0.15) is 0 Å². The van der Waals surface area contributed by atoms with Gasteiger partial charge in [-0.3, -0.25) is 15.6 Å². The van der Waals surface area contributed by atoms with E-state index in [-0.39, 0.29) is 23.2 Å². The molecule has 9 heteroatoms. The predicted molar refractivity (Wildman–Crippen MR) is 80.8 cm³/mol. The first-order valence-electron chi connectivity index (χ1n) is 6.46. The second-order valence-electron chi connectivity index (χ2n) is 4.32. The summed E-state index contributed by atoms with van der Waals surface area (Å²) in [4.78, 5) is 10.9. The van der Waals surface area contributed by atoms with E-state index in [1.807, 2.05) is 0 Å². The lowest BCUT2D eigenvalue weighted by Crippen LogP contribution is -2.11. The molecule has 0 spiro atoms. The second kappa shape index (κ2) is 8.56. The van der Waals surface area contributed by atoms with Gasteiger partial charge in [0.15, 0.2) is 0 Å². The van der Waals surface area contributed by atoms with Gasteiger partial charge in [0, 0.05) is 17.7 Å². The van der Waals surface area contributed by atoms with Gasteiger partial charge >= 0.3 is 12.1 Å². The van der Waals surface area contributed by atoms with Crippen molar-refractivity contribution in [3.63, 3.8) is 0 Å². The molecule has 2 N–H and O–H groups in total. The van der Waals surface area contributed by atoms with Crippen LogP contribution < -0.4 is 0 Å². The van der Waals surface area contributed by atoms with Crippen molar-refractivity contribution < 1.29 is 27.4 Å². The van der Waals surface area contributed by atoms with Crippen molar-refractivity contribution in [2.45, 2.75) is 19.0 Å². The van der Waals surface area contributed by atoms with Crippen LogP contribution in [0.4, 0.5) is 13.2 Å². The second-order valence-corrected chi connectivity index (χ2v) is 5.39.